The van der Waals surface area contributed by atoms with E-state index in [0.717, 1.165) is 10.0 Å². The number of rotatable bonds is 7. The topological polar surface area (TPSA) is 58.6 Å². The molecular formula is C23H28BrFN2O3. The van der Waals surface area contributed by atoms with Crippen LogP contribution >= 0.6 is 15.9 Å². The van der Waals surface area contributed by atoms with Crippen molar-refractivity contribution >= 4 is 27.7 Å². The van der Waals surface area contributed by atoms with Gasteiger partial charge >= 0.3 is 0 Å². The highest BCUT2D eigenvalue weighted by Gasteiger charge is 2.27. The maximum absolute atomic E-state index is 14.1. The Morgan fingerprint density at radius 1 is 1.20 bits per heavy atom. The number of carbonyl (C=O) groups is 2. The van der Waals surface area contributed by atoms with Crippen molar-refractivity contribution in [3.05, 3.63) is 63.9 Å². The van der Waals surface area contributed by atoms with Crippen LogP contribution in [0, 0.1) is 5.82 Å². The molecule has 7 heteroatoms. The predicted molar refractivity (Wildman–Crippen MR) is 119 cm³/mol. The molecule has 0 aliphatic heterocycles. The second-order valence-corrected chi connectivity index (χ2v) is 8.94. The van der Waals surface area contributed by atoms with Crippen LogP contribution < -0.4 is 10.1 Å². The molecule has 2 amide bonds. The Labute approximate surface area is 185 Å². The van der Waals surface area contributed by atoms with E-state index in [1.165, 1.54) is 18.0 Å². The molecular weight excluding hydrogens is 451 g/mol. The Bertz CT molecular complexity index is 912. The normalized spacial score (nSPS) is 12.2. The zero-order valence-corrected chi connectivity index (χ0v) is 19.5. The number of amides is 2. The maximum atomic E-state index is 14.1. The van der Waals surface area contributed by atoms with E-state index in [-0.39, 0.29) is 24.5 Å². The number of halogens is 2. The van der Waals surface area contributed by atoms with Crippen LogP contribution in [0.1, 0.15) is 38.8 Å². The van der Waals surface area contributed by atoms with Crippen LogP contribution in [-0.2, 0) is 21.5 Å². The van der Waals surface area contributed by atoms with Crippen molar-refractivity contribution < 1.29 is 18.7 Å². The van der Waals surface area contributed by atoms with E-state index < -0.39 is 17.8 Å². The first-order valence-corrected chi connectivity index (χ1v) is 10.5. The lowest BCUT2D eigenvalue weighted by molar-refractivity contribution is -0.142. The van der Waals surface area contributed by atoms with Crippen molar-refractivity contribution in [2.45, 2.75) is 45.7 Å². The molecule has 0 aromatic heterocycles. The smallest absolute Gasteiger partial charge is 0.261 e. The number of hydrogen-bond donors (Lipinski definition) is 1. The zero-order chi connectivity index (χ0) is 22.5. The number of carbonyl (C=O) groups excluding carboxylic acids is 2. The van der Waals surface area contributed by atoms with Gasteiger partial charge in [0.15, 0.2) is 6.61 Å². The van der Waals surface area contributed by atoms with Crippen LogP contribution in [-0.4, -0.2) is 36.4 Å². The first kappa shape index (κ1) is 23.9. The minimum atomic E-state index is -0.780. The quantitative estimate of drug-likeness (QED) is 0.640. The van der Waals surface area contributed by atoms with Crippen LogP contribution in [0.25, 0.3) is 0 Å². The summed E-state index contributed by atoms with van der Waals surface area (Å²) in [4.78, 5) is 26.4. The summed E-state index contributed by atoms with van der Waals surface area (Å²) in [5, 5.41) is 2.53. The fourth-order valence-electron chi connectivity index (χ4n) is 2.91. The Balaban J connectivity index is 2.18. The largest absolute Gasteiger partial charge is 0.483 e. The van der Waals surface area contributed by atoms with E-state index >= 15 is 0 Å². The first-order chi connectivity index (χ1) is 14.0. The number of benzene rings is 2. The monoisotopic (exact) mass is 478 g/mol. The lowest BCUT2D eigenvalue weighted by atomic mass is 9.87. The van der Waals surface area contributed by atoms with Crippen LogP contribution in [0.4, 0.5) is 4.39 Å². The molecule has 162 valence electrons. The van der Waals surface area contributed by atoms with Gasteiger partial charge in [-0.25, -0.2) is 4.39 Å². The summed E-state index contributed by atoms with van der Waals surface area (Å²) < 4.78 is 20.6. The summed E-state index contributed by atoms with van der Waals surface area (Å²) in [5.74, 6) is -0.660. The van der Waals surface area contributed by atoms with Gasteiger partial charge in [0.25, 0.3) is 5.91 Å². The van der Waals surface area contributed by atoms with Gasteiger partial charge < -0.3 is 15.0 Å². The van der Waals surface area contributed by atoms with Crippen molar-refractivity contribution in [2.24, 2.45) is 0 Å². The SMILES string of the molecule is CNC(=O)[C@@H](C)N(Cc1ccccc1F)C(=O)COc1ccc(C(C)(C)C)cc1Br. The zero-order valence-electron chi connectivity index (χ0n) is 18.0. The van der Waals surface area contributed by atoms with Crippen LogP contribution in [0.15, 0.2) is 46.9 Å². The Morgan fingerprint density at radius 2 is 1.87 bits per heavy atom. The molecule has 1 atom stereocenters. The summed E-state index contributed by atoms with van der Waals surface area (Å²) in [7, 11) is 1.50. The molecule has 30 heavy (non-hydrogen) atoms. The van der Waals surface area contributed by atoms with Gasteiger partial charge in [-0.3, -0.25) is 9.59 Å². The number of ether oxygens (including phenoxy) is 1. The molecule has 2 rings (SSSR count). The van der Waals surface area contributed by atoms with Gasteiger partial charge in [-0.15, -0.1) is 0 Å². The van der Waals surface area contributed by atoms with Crippen molar-refractivity contribution in [3.63, 3.8) is 0 Å². The van der Waals surface area contributed by atoms with Crippen LogP contribution in [0.5, 0.6) is 5.75 Å². The molecule has 0 heterocycles. The fraction of sp³-hybridized carbons (Fsp3) is 0.391. The minimum Gasteiger partial charge on any atom is -0.483 e. The third kappa shape index (κ3) is 6.05. The standard InChI is InChI=1S/C23H28BrFN2O3/c1-15(22(29)26-5)27(13-16-8-6-7-9-19(16)25)21(28)14-30-20-11-10-17(12-18(20)24)23(2,3)4/h6-12,15H,13-14H2,1-5H3,(H,26,29)/t15-/m1/s1. The van der Waals surface area contributed by atoms with E-state index in [9.17, 15) is 14.0 Å². The molecule has 1 N–H and O–H groups in total. The number of nitrogens with zero attached hydrogens (tertiary/aromatic N) is 1. The predicted octanol–water partition coefficient (Wildman–Crippen LogP) is 4.43. The Morgan fingerprint density at radius 3 is 2.43 bits per heavy atom. The summed E-state index contributed by atoms with van der Waals surface area (Å²) in [6.45, 7) is 7.63. The lowest BCUT2D eigenvalue weighted by Gasteiger charge is -2.28. The molecule has 0 unspecified atom stereocenters. The highest BCUT2D eigenvalue weighted by atomic mass is 79.9. The summed E-state index contributed by atoms with van der Waals surface area (Å²) >= 11 is 3.49. The number of nitrogens with one attached hydrogen (secondary N) is 1. The number of likely N-dealkylation sites (N-methyl/N-ethyl adjacent to an activating group) is 1. The molecule has 0 spiro atoms. The van der Waals surface area contributed by atoms with Gasteiger partial charge in [0.2, 0.25) is 5.91 Å². The summed E-state index contributed by atoms with van der Waals surface area (Å²) in [6, 6.07) is 11.1. The summed E-state index contributed by atoms with van der Waals surface area (Å²) in [5.41, 5.74) is 1.44. The molecule has 0 saturated heterocycles. The maximum Gasteiger partial charge on any atom is 0.261 e. The average molecular weight is 479 g/mol. The first-order valence-electron chi connectivity index (χ1n) is 9.72. The number of hydrogen-bond acceptors (Lipinski definition) is 3. The van der Waals surface area contributed by atoms with Gasteiger partial charge in [-0.1, -0.05) is 45.0 Å². The molecule has 2 aromatic carbocycles. The average Bonchev–Trinajstić information content (AvgIpc) is 2.70. The molecule has 0 radical (unpaired) electrons. The third-order valence-corrected chi connectivity index (χ3v) is 5.48. The van der Waals surface area contributed by atoms with Gasteiger partial charge in [0.05, 0.1) is 4.47 Å². The van der Waals surface area contributed by atoms with Crippen molar-refractivity contribution in [1.82, 2.24) is 10.2 Å². The van der Waals surface area contributed by atoms with E-state index in [2.05, 4.69) is 42.0 Å². The highest BCUT2D eigenvalue weighted by Crippen LogP contribution is 2.31. The van der Waals surface area contributed by atoms with Gasteiger partial charge in [0.1, 0.15) is 17.6 Å². The second kappa shape index (κ2) is 10.1. The molecule has 0 aliphatic rings. The second-order valence-electron chi connectivity index (χ2n) is 8.09. The van der Waals surface area contributed by atoms with E-state index in [0.29, 0.717) is 11.3 Å². The van der Waals surface area contributed by atoms with E-state index in [1.807, 2.05) is 12.1 Å². The Hall–Kier alpha value is -2.41. The van der Waals surface area contributed by atoms with Crippen molar-refractivity contribution in [1.29, 1.82) is 0 Å². The molecule has 0 saturated carbocycles. The molecule has 5 nitrogen and oxygen atoms in total. The van der Waals surface area contributed by atoms with Gasteiger partial charge in [-0.2, -0.15) is 0 Å². The minimum absolute atomic E-state index is 0.0175. The molecule has 0 aliphatic carbocycles. The molecule has 2 aromatic rings. The third-order valence-electron chi connectivity index (χ3n) is 4.86. The van der Waals surface area contributed by atoms with Crippen LogP contribution in [0.2, 0.25) is 0 Å². The van der Waals surface area contributed by atoms with Gasteiger partial charge in [0, 0.05) is 19.2 Å². The fourth-order valence-corrected chi connectivity index (χ4v) is 3.40. The molecule has 0 fully saturated rings. The Kier molecular flexibility index (Phi) is 8.01. The summed E-state index contributed by atoms with van der Waals surface area (Å²) in [6.07, 6.45) is 0. The van der Waals surface area contributed by atoms with Crippen molar-refractivity contribution in [2.75, 3.05) is 13.7 Å². The van der Waals surface area contributed by atoms with E-state index in [4.69, 9.17) is 4.74 Å². The highest BCUT2D eigenvalue weighted by molar-refractivity contribution is 9.10. The molecule has 0 bridgehead atoms. The van der Waals surface area contributed by atoms with Crippen molar-refractivity contribution in [3.8, 4) is 5.75 Å². The van der Waals surface area contributed by atoms with Crippen LogP contribution in [0.3, 0.4) is 0 Å². The lowest BCUT2D eigenvalue weighted by Crippen LogP contribution is -2.48. The van der Waals surface area contributed by atoms with Gasteiger partial charge in [-0.05, 0) is 52.0 Å². The van der Waals surface area contributed by atoms with E-state index in [1.54, 1.807) is 31.2 Å².